The molecule has 0 saturated heterocycles. The summed E-state index contributed by atoms with van der Waals surface area (Å²) in [5.74, 6) is 0.382. The number of hydrogen-bond donors (Lipinski definition) is 0. The van der Waals surface area contributed by atoms with Gasteiger partial charge in [0.1, 0.15) is 5.82 Å². The minimum Gasteiger partial charge on any atom is -0.206 e. The van der Waals surface area contributed by atoms with E-state index in [9.17, 15) is 4.39 Å². The van der Waals surface area contributed by atoms with Gasteiger partial charge in [-0.15, -0.1) is 0 Å². The van der Waals surface area contributed by atoms with E-state index in [1.54, 1.807) is 6.07 Å². The van der Waals surface area contributed by atoms with Crippen LogP contribution in [-0.4, -0.2) is 0 Å². The molecule has 0 saturated carbocycles. The summed E-state index contributed by atoms with van der Waals surface area (Å²) in [4.78, 5) is 0. The molecule has 0 aromatic heterocycles. The Hall–Kier alpha value is -2.41. The molecule has 0 spiro atoms. The van der Waals surface area contributed by atoms with Gasteiger partial charge in [0.2, 0.25) is 0 Å². The molecule has 0 aliphatic heterocycles. The predicted octanol–water partition coefficient (Wildman–Crippen LogP) is 7.76. The van der Waals surface area contributed by atoms with Gasteiger partial charge in [0, 0.05) is 5.56 Å². The Morgan fingerprint density at radius 2 is 1.42 bits per heavy atom. The van der Waals surface area contributed by atoms with Crippen molar-refractivity contribution in [2.24, 2.45) is 0 Å². The normalized spacial score (nSPS) is 12.2. The Bertz CT molecular complexity index is 844. The summed E-state index contributed by atoms with van der Waals surface area (Å²) in [6.07, 6.45) is 3.68. The van der Waals surface area contributed by atoms with Crippen LogP contribution in [0.3, 0.4) is 0 Å². The highest BCUT2D eigenvalue weighted by Crippen LogP contribution is 2.30. The van der Waals surface area contributed by atoms with Gasteiger partial charge < -0.3 is 0 Å². The lowest BCUT2D eigenvalue weighted by Crippen LogP contribution is -1.94. The maximum Gasteiger partial charge on any atom is 0.131 e. The van der Waals surface area contributed by atoms with Gasteiger partial charge in [0.25, 0.3) is 0 Å². The molecule has 0 aliphatic carbocycles. The average Bonchev–Trinajstić information content (AvgIpc) is 2.67. The third kappa shape index (κ3) is 4.22. The Labute approximate surface area is 156 Å². The molecule has 3 aromatic rings. The lowest BCUT2D eigenvalue weighted by Gasteiger charge is -2.13. The SMILES string of the molecule is CCCCC(C)c1ccc(-c2ccc(-c3ccc(C)cc3)cc2F)cc1. The van der Waals surface area contributed by atoms with Gasteiger partial charge in [0.15, 0.2) is 0 Å². The molecule has 134 valence electrons. The third-order valence-corrected chi connectivity index (χ3v) is 5.14. The summed E-state index contributed by atoms with van der Waals surface area (Å²) in [6, 6.07) is 22.1. The second-order valence-electron chi connectivity index (χ2n) is 7.23. The lowest BCUT2D eigenvalue weighted by atomic mass is 9.93. The number of unbranched alkanes of at least 4 members (excludes halogenated alkanes) is 1. The van der Waals surface area contributed by atoms with E-state index in [0.29, 0.717) is 11.5 Å². The van der Waals surface area contributed by atoms with E-state index < -0.39 is 0 Å². The van der Waals surface area contributed by atoms with Gasteiger partial charge in [-0.25, -0.2) is 4.39 Å². The van der Waals surface area contributed by atoms with Gasteiger partial charge >= 0.3 is 0 Å². The lowest BCUT2D eigenvalue weighted by molar-refractivity contribution is 0.624. The molecular weight excluding hydrogens is 319 g/mol. The zero-order chi connectivity index (χ0) is 18.5. The fraction of sp³-hybridized carbons (Fsp3) is 0.280. The van der Waals surface area contributed by atoms with Crippen molar-refractivity contribution in [2.45, 2.75) is 46.0 Å². The van der Waals surface area contributed by atoms with E-state index in [1.165, 1.54) is 30.4 Å². The molecule has 0 heterocycles. The van der Waals surface area contributed by atoms with Crippen LogP contribution in [0, 0.1) is 12.7 Å². The summed E-state index contributed by atoms with van der Waals surface area (Å²) in [6.45, 7) is 6.54. The topological polar surface area (TPSA) is 0 Å². The Balaban J connectivity index is 1.82. The van der Waals surface area contributed by atoms with E-state index in [2.05, 4.69) is 45.0 Å². The van der Waals surface area contributed by atoms with Crippen LogP contribution in [0.4, 0.5) is 4.39 Å². The van der Waals surface area contributed by atoms with Crippen molar-refractivity contribution >= 4 is 0 Å². The molecule has 3 aromatic carbocycles. The number of benzene rings is 3. The van der Waals surface area contributed by atoms with Crippen LogP contribution in [0.1, 0.15) is 50.2 Å². The molecule has 0 aliphatic rings. The zero-order valence-corrected chi connectivity index (χ0v) is 15.9. The van der Waals surface area contributed by atoms with E-state index in [4.69, 9.17) is 0 Å². The minimum absolute atomic E-state index is 0.171. The molecule has 1 unspecified atom stereocenters. The van der Waals surface area contributed by atoms with Crippen molar-refractivity contribution < 1.29 is 4.39 Å². The van der Waals surface area contributed by atoms with E-state index in [1.807, 2.05) is 36.4 Å². The molecule has 0 amide bonds. The third-order valence-electron chi connectivity index (χ3n) is 5.14. The molecule has 0 N–H and O–H groups in total. The molecule has 0 radical (unpaired) electrons. The maximum absolute atomic E-state index is 14.7. The van der Waals surface area contributed by atoms with Crippen molar-refractivity contribution in [3.63, 3.8) is 0 Å². The van der Waals surface area contributed by atoms with Gasteiger partial charge in [-0.3, -0.25) is 0 Å². The summed E-state index contributed by atoms with van der Waals surface area (Å²) < 4.78 is 14.7. The minimum atomic E-state index is -0.171. The van der Waals surface area contributed by atoms with Gasteiger partial charge in [0.05, 0.1) is 0 Å². The summed E-state index contributed by atoms with van der Waals surface area (Å²) >= 11 is 0. The van der Waals surface area contributed by atoms with E-state index in [-0.39, 0.29) is 5.82 Å². The van der Waals surface area contributed by atoms with Gasteiger partial charge in [-0.05, 0) is 47.6 Å². The van der Waals surface area contributed by atoms with Gasteiger partial charge in [-0.2, -0.15) is 0 Å². The van der Waals surface area contributed by atoms with Crippen molar-refractivity contribution in [1.82, 2.24) is 0 Å². The van der Waals surface area contributed by atoms with E-state index >= 15 is 0 Å². The van der Waals surface area contributed by atoms with Gasteiger partial charge in [-0.1, -0.05) is 92.9 Å². The largest absolute Gasteiger partial charge is 0.206 e. The highest BCUT2D eigenvalue weighted by Gasteiger charge is 2.09. The molecule has 0 bridgehead atoms. The first-order chi connectivity index (χ1) is 12.6. The van der Waals surface area contributed by atoms with Crippen LogP contribution >= 0.6 is 0 Å². The van der Waals surface area contributed by atoms with Crippen LogP contribution in [-0.2, 0) is 0 Å². The number of rotatable bonds is 6. The van der Waals surface area contributed by atoms with Crippen LogP contribution in [0.25, 0.3) is 22.3 Å². The molecular formula is C25H27F. The van der Waals surface area contributed by atoms with E-state index in [0.717, 1.165) is 16.7 Å². The summed E-state index contributed by atoms with van der Waals surface area (Å²) in [5, 5.41) is 0. The molecule has 3 rings (SSSR count). The molecule has 1 atom stereocenters. The van der Waals surface area contributed by atoms with Crippen LogP contribution in [0.5, 0.6) is 0 Å². The number of aryl methyl sites for hydroxylation is 1. The predicted molar refractivity (Wildman–Crippen MR) is 110 cm³/mol. The Morgan fingerprint density at radius 1 is 0.808 bits per heavy atom. The van der Waals surface area contributed by atoms with Crippen molar-refractivity contribution in [2.75, 3.05) is 0 Å². The second kappa shape index (κ2) is 8.31. The zero-order valence-electron chi connectivity index (χ0n) is 15.9. The first-order valence-electron chi connectivity index (χ1n) is 9.55. The van der Waals surface area contributed by atoms with Crippen molar-refractivity contribution in [3.05, 3.63) is 83.7 Å². The number of hydrogen-bond acceptors (Lipinski definition) is 0. The molecule has 0 nitrogen and oxygen atoms in total. The first kappa shape index (κ1) is 18.4. The first-order valence-corrected chi connectivity index (χ1v) is 9.55. The highest BCUT2D eigenvalue weighted by molar-refractivity contribution is 5.71. The van der Waals surface area contributed by atoms with Crippen LogP contribution in [0.2, 0.25) is 0 Å². The molecule has 1 heteroatoms. The summed E-state index contributed by atoms with van der Waals surface area (Å²) in [7, 11) is 0. The Morgan fingerprint density at radius 3 is 2.04 bits per heavy atom. The Kier molecular flexibility index (Phi) is 5.88. The second-order valence-corrected chi connectivity index (χ2v) is 7.23. The number of halogens is 1. The standard InChI is InChI=1S/C25H27F/c1-4-5-6-19(3)20-11-13-22(14-12-20)24-16-15-23(17-25(24)26)21-9-7-18(2)8-10-21/h7-17,19H,4-6H2,1-3H3. The maximum atomic E-state index is 14.7. The monoisotopic (exact) mass is 346 g/mol. The van der Waals surface area contributed by atoms with Crippen LogP contribution in [0.15, 0.2) is 66.7 Å². The summed E-state index contributed by atoms with van der Waals surface area (Å²) in [5.41, 5.74) is 6.09. The van der Waals surface area contributed by atoms with Crippen LogP contribution < -0.4 is 0 Å². The fourth-order valence-corrected chi connectivity index (χ4v) is 3.34. The average molecular weight is 346 g/mol. The van der Waals surface area contributed by atoms with Crippen molar-refractivity contribution in [1.29, 1.82) is 0 Å². The van der Waals surface area contributed by atoms with Crippen molar-refractivity contribution in [3.8, 4) is 22.3 Å². The molecule has 0 fully saturated rings. The molecule has 26 heavy (non-hydrogen) atoms. The quantitative estimate of drug-likeness (QED) is 0.428. The smallest absolute Gasteiger partial charge is 0.131 e. The fourth-order valence-electron chi connectivity index (χ4n) is 3.34. The highest BCUT2D eigenvalue weighted by atomic mass is 19.1.